The molecule has 2 amide bonds. The van der Waals surface area contributed by atoms with Crippen molar-refractivity contribution in [2.75, 3.05) is 6.54 Å². The highest BCUT2D eigenvalue weighted by Gasteiger charge is 2.59. The number of nitrogens with zero attached hydrogens (tertiary/aromatic N) is 3. The standard InChI is InChI=1S/C25H25ClN4O3S/c26-19-4-1-3-18(13-19)21-5-2-12-30(21)23(32)22(31)25(10-11-25)24(33)27-14-16-6-8-17(9-7-16)20-15-34-29-28-20/h1,3-4,6-9,13,15,21-22,31H,2,5,10-12,14H2,(H,27,33)/t21?,22-/m0/s1. The molecule has 1 unspecified atom stereocenters. The summed E-state index contributed by atoms with van der Waals surface area (Å²) in [6, 6.07) is 15.1. The van der Waals surface area contributed by atoms with Crippen LogP contribution in [0.15, 0.2) is 53.9 Å². The molecule has 0 radical (unpaired) electrons. The Morgan fingerprint density at radius 2 is 2.03 bits per heavy atom. The number of aliphatic hydroxyl groups is 1. The highest BCUT2D eigenvalue weighted by molar-refractivity contribution is 7.03. The van der Waals surface area contributed by atoms with Crippen LogP contribution in [0, 0.1) is 5.41 Å². The molecule has 1 aliphatic carbocycles. The van der Waals surface area contributed by atoms with Crippen LogP contribution in [0.25, 0.3) is 11.3 Å². The van der Waals surface area contributed by atoms with Crippen molar-refractivity contribution in [3.63, 3.8) is 0 Å². The summed E-state index contributed by atoms with van der Waals surface area (Å²) >= 11 is 7.44. The third kappa shape index (κ3) is 4.45. The molecule has 7 nitrogen and oxygen atoms in total. The lowest BCUT2D eigenvalue weighted by Crippen LogP contribution is -2.48. The molecule has 2 aliphatic rings. The Labute approximate surface area is 206 Å². The van der Waals surface area contributed by atoms with E-state index in [0.717, 1.165) is 35.2 Å². The monoisotopic (exact) mass is 496 g/mol. The van der Waals surface area contributed by atoms with Crippen molar-refractivity contribution in [1.82, 2.24) is 19.8 Å². The number of hydrogen-bond acceptors (Lipinski definition) is 6. The molecule has 3 aromatic rings. The summed E-state index contributed by atoms with van der Waals surface area (Å²) in [6.07, 6.45) is 1.30. The lowest BCUT2D eigenvalue weighted by atomic mass is 9.95. The molecule has 1 aromatic heterocycles. The van der Waals surface area contributed by atoms with Gasteiger partial charge in [-0.05, 0) is 60.5 Å². The highest BCUT2D eigenvalue weighted by Crippen LogP contribution is 2.50. The van der Waals surface area contributed by atoms with Gasteiger partial charge in [0, 0.05) is 29.1 Å². The Morgan fingerprint density at radius 1 is 1.24 bits per heavy atom. The van der Waals surface area contributed by atoms with E-state index in [1.807, 2.05) is 47.8 Å². The molecule has 2 fully saturated rings. The van der Waals surface area contributed by atoms with Gasteiger partial charge in [-0.1, -0.05) is 52.5 Å². The summed E-state index contributed by atoms with van der Waals surface area (Å²) in [7, 11) is 0. The molecule has 0 bridgehead atoms. The molecular formula is C25H25ClN4O3S. The number of carbonyl (C=O) groups excluding carboxylic acids is 2. The third-order valence-corrected chi connectivity index (χ3v) is 7.57. The molecule has 5 rings (SSSR count). The summed E-state index contributed by atoms with van der Waals surface area (Å²) in [5, 5.41) is 20.5. The van der Waals surface area contributed by atoms with Crippen molar-refractivity contribution in [2.24, 2.45) is 5.41 Å². The van der Waals surface area contributed by atoms with Crippen LogP contribution in [0.5, 0.6) is 0 Å². The van der Waals surface area contributed by atoms with Gasteiger partial charge in [-0.3, -0.25) is 9.59 Å². The van der Waals surface area contributed by atoms with Crippen molar-refractivity contribution < 1.29 is 14.7 Å². The van der Waals surface area contributed by atoms with Crippen molar-refractivity contribution in [1.29, 1.82) is 0 Å². The van der Waals surface area contributed by atoms with Crippen molar-refractivity contribution in [3.05, 3.63) is 70.1 Å². The van der Waals surface area contributed by atoms with Crippen molar-refractivity contribution in [3.8, 4) is 11.3 Å². The van der Waals surface area contributed by atoms with Crippen LogP contribution in [0.2, 0.25) is 5.02 Å². The van der Waals surface area contributed by atoms with E-state index in [1.54, 1.807) is 11.0 Å². The number of nitrogens with one attached hydrogen (secondary N) is 1. The highest BCUT2D eigenvalue weighted by atomic mass is 35.5. The lowest BCUT2D eigenvalue weighted by molar-refractivity contribution is -0.150. The fourth-order valence-electron chi connectivity index (χ4n) is 4.69. The van der Waals surface area contributed by atoms with Gasteiger partial charge in [0.1, 0.15) is 11.8 Å². The quantitative estimate of drug-likeness (QED) is 0.516. The predicted octanol–water partition coefficient (Wildman–Crippen LogP) is 3.98. The molecule has 1 aliphatic heterocycles. The van der Waals surface area contributed by atoms with E-state index < -0.39 is 11.5 Å². The van der Waals surface area contributed by atoms with E-state index in [2.05, 4.69) is 14.9 Å². The topological polar surface area (TPSA) is 95.4 Å². The minimum atomic E-state index is -1.35. The first-order valence-electron chi connectivity index (χ1n) is 11.4. The van der Waals surface area contributed by atoms with Crippen LogP contribution in [0.4, 0.5) is 0 Å². The molecule has 1 saturated heterocycles. The molecule has 0 spiro atoms. The number of likely N-dealkylation sites (tertiary alicyclic amines) is 1. The Bertz CT molecular complexity index is 1180. The minimum absolute atomic E-state index is 0.133. The van der Waals surface area contributed by atoms with Gasteiger partial charge in [0.2, 0.25) is 5.91 Å². The van der Waals surface area contributed by atoms with E-state index in [9.17, 15) is 14.7 Å². The Morgan fingerprint density at radius 3 is 2.71 bits per heavy atom. The SMILES string of the molecule is O=C([C@H](O)C1(C(=O)NCc2ccc(-c3csnn3)cc2)CC1)N1CCCC1c1cccc(Cl)c1. The van der Waals surface area contributed by atoms with Gasteiger partial charge in [0.25, 0.3) is 5.91 Å². The predicted molar refractivity (Wildman–Crippen MR) is 130 cm³/mol. The molecule has 176 valence electrons. The third-order valence-electron chi connectivity index (χ3n) is 6.83. The van der Waals surface area contributed by atoms with E-state index in [-0.39, 0.29) is 17.9 Å². The number of hydrogen-bond donors (Lipinski definition) is 2. The number of halogens is 1. The summed E-state index contributed by atoms with van der Waals surface area (Å²) in [6.45, 7) is 0.886. The minimum Gasteiger partial charge on any atom is -0.382 e. The average Bonchev–Trinajstić information content (AvgIpc) is 3.24. The lowest BCUT2D eigenvalue weighted by Gasteiger charge is -2.30. The maximum Gasteiger partial charge on any atom is 0.253 e. The first-order valence-corrected chi connectivity index (χ1v) is 12.6. The van der Waals surface area contributed by atoms with Crippen LogP contribution in [0.3, 0.4) is 0 Å². The van der Waals surface area contributed by atoms with Gasteiger partial charge >= 0.3 is 0 Å². The average molecular weight is 497 g/mol. The normalized spacial score (nSPS) is 19.6. The number of amides is 2. The van der Waals surface area contributed by atoms with Crippen LogP contribution < -0.4 is 5.32 Å². The smallest absolute Gasteiger partial charge is 0.253 e. The van der Waals surface area contributed by atoms with Crippen LogP contribution >= 0.6 is 23.1 Å². The van der Waals surface area contributed by atoms with Crippen molar-refractivity contribution >= 4 is 34.9 Å². The molecule has 2 heterocycles. The largest absolute Gasteiger partial charge is 0.382 e. The second-order valence-corrected chi connectivity index (χ2v) is 10.0. The molecule has 9 heteroatoms. The zero-order valence-corrected chi connectivity index (χ0v) is 20.1. The summed E-state index contributed by atoms with van der Waals surface area (Å²) < 4.78 is 3.87. The molecule has 2 aromatic carbocycles. The first-order chi connectivity index (χ1) is 16.5. The van der Waals surface area contributed by atoms with E-state index in [1.165, 1.54) is 11.5 Å². The molecule has 34 heavy (non-hydrogen) atoms. The maximum atomic E-state index is 13.3. The summed E-state index contributed by atoms with van der Waals surface area (Å²) in [4.78, 5) is 28.0. The van der Waals surface area contributed by atoms with Gasteiger partial charge in [-0.25, -0.2) is 0 Å². The second-order valence-electron chi connectivity index (χ2n) is 8.97. The molecule has 1 saturated carbocycles. The van der Waals surface area contributed by atoms with Gasteiger partial charge in [0.15, 0.2) is 0 Å². The van der Waals surface area contributed by atoms with Gasteiger partial charge in [0.05, 0.1) is 11.5 Å². The summed E-state index contributed by atoms with van der Waals surface area (Å²) in [5.74, 6) is -0.656. The first kappa shape index (κ1) is 23.0. The molecule has 2 N–H and O–H groups in total. The maximum absolute atomic E-state index is 13.3. The Kier molecular flexibility index (Phi) is 6.38. The van der Waals surface area contributed by atoms with Crippen LogP contribution in [-0.4, -0.2) is 44.1 Å². The Balaban J connectivity index is 1.22. The number of benzene rings is 2. The number of aliphatic hydroxyl groups excluding tert-OH is 1. The number of aromatic nitrogens is 2. The number of rotatable bonds is 7. The fraction of sp³-hybridized carbons (Fsp3) is 0.360. The molecular weight excluding hydrogens is 472 g/mol. The van der Waals surface area contributed by atoms with E-state index >= 15 is 0 Å². The molecule has 2 atom stereocenters. The van der Waals surface area contributed by atoms with E-state index in [4.69, 9.17) is 11.6 Å². The second kappa shape index (κ2) is 9.44. The van der Waals surface area contributed by atoms with Crippen LogP contribution in [0.1, 0.15) is 42.9 Å². The fourth-order valence-corrected chi connectivity index (χ4v) is 5.35. The van der Waals surface area contributed by atoms with Gasteiger partial charge < -0.3 is 15.3 Å². The van der Waals surface area contributed by atoms with Gasteiger partial charge in [-0.2, -0.15) is 0 Å². The number of carbonyl (C=O) groups is 2. The van der Waals surface area contributed by atoms with Gasteiger partial charge in [-0.15, -0.1) is 5.10 Å². The summed E-state index contributed by atoms with van der Waals surface area (Å²) in [5.41, 5.74) is 2.61. The zero-order valence-electron chi connectivity index (χ0n) is 18.5. The van der Waals surface area contributed by atoms with Crippen molar-refractivity contribution in [2.45, 2.75) is 44.4 Å². The Hall–Kier alpha value is -2.81. The zero-order chi connectivity index (χ0) is 23.7. The van der Waals surface area contributed by atoms with E-state index in [0.29, 0.717) is 31.0 Å². The van der Waals surface area contributed by atoms with Crippen LogP contribution in [-0.2, 0) is 16.1 Å².